The number of rotatable bonds is 9. The smallest absolute Gasteiger partial charge is 0.191 e. The van der Waals surface area contributed by atoms with Gasteiger partial charge in [0.1, 0.15) is 5.82 Å². The van der Waals surface area contributed by atoms with E-state index in [4.69, 9.17) is 9.73 Å². The van der Waals surface area contributed by atoms with Crippen LogP contribution in [0.3, 0.4) is 0 Å². The van der Waals surface area contributed by atoms with E-state index in [2.05, 4.69) is 59.2 Å². The second kappa shape index (κ2) is 12.8. The van der Waals surface area contributed by atoms with Crippen molar-refractivity contribution in [3.8, 4) is 0 Å². The van der Waals surface area contributed by atoms with Crippen LogP contribution in [0.2, 0.25) is 0 Å². The summed E-state index contributed by atoms with van der Waals surface area (Å²) in [6, 6.07) is 8.34. The number of ether oxygens (including phenoxy) is 1. The lowest BCUT2D eigenvalue weighted by Crippen LogP contribution is -2.41. The first-order valence-corrected chi connectivity index (χ1v) is 11.8. The van der Waals surface area contributed by atoms with Crippen molar-refractivity contribution in [2.45, 2.75) is 51.3 Å². The Hall–Kier alpha value is -1.000. The first-order valence-electron chi connectivity index (χ1n) is 10.8. The van der Waals surface area contributed by atoms with Crippen LogP contribution in [0.15, 0.2) is 29.3 Å². The van der Waals surface area contributed by atoms with Crippen molar-refractivity contribution in [3.05, 3.63) is 30.1 Å². The molecule has 0 amide bonds. The molecule has 0 spiro atoms. The van der Waals surface area contributed by atoms with Gasteiger partial charge in [0.05, 0.1) is 17.6 Å². The number of benzene rings is 1. The Bertz CT molecular complexity index is 798. The molecule has 1 aromatic carbocycles. The predicted molar refractivity (Wildman–Crippen MR) is 139 cm³/mol. The summed E-state index contributed by atoms with van der Waals surface area (Å²) in [5.74, 6) is 3.12. The lowest BCUT2D eigenvalue weighted by molar-refractivity contribution is 0.0793. The molecule has 1 saturated heterocycles. The molecule has 0 radical (unpaired) electrons. The van der Waals surface area contributed by atoms with E-state index in [0.717, 1.165) is 81.7 Å². The van der Waals surface area contributed by atoms with Gasteiger partial charge in [-0.25, -0.2) is 4.98 Å². The summed E-state index contributed by atoms with van der Waals surface area (Å²) >= 11 is 2.04. The second-order valence-electron chi connectivity index (χ2n) is 7.50. The molecular weight excluding hydrogens is 509 g/mol. The number of nitrogens with one attached hydrogen (secondary N) is 2. The lowest BCUT2D eigenvalue weighted by atomic mass is 9.99. The molecule has 6 nitrogen and oxygen atoms in total. The molecule has 1 aromatic heterocycles. The predicted octanol–water partition coefficient (Wildman–Crippen LogP) is 4.21. The van der Waals surface area contributed by atoms with Crippen LogP contribution in [0.25, 0.3) is 11.0 Å². The third-order valence-corrected chi connectivity index (χ3v) is 6.86. The van der Waals surface area contributed by atoms with E-state index in [1.54, 1.807) is 0 Å². The first kappa shape index (κ1) is 25.3. The Morgan fingerprint density at radius 3 is 2.73 bits per heavy atom. The Labute approximate surface area is 202 Å². The first-order chi connectivity index (χ1) is 14.2. The average Bonchev–Trinajstić information content (AvgIpc) is 3.05. The number of aryl methyl sites for hydroxylation is 2. The summed E-state index contributed by atoms with van der Waals surface area (Å²) in [7, 11) is 0. The number of halogens is 1. The zero-order valence-corrected chi connectivity index (χ0v) is 21.6. The van der Waals surface area contributed by atoms with E-state index in [-0.39, 0.29) is 28.7 Å². The van der Waals surface area contributed by atoms with Gasteiger partial charge in [0.2, 0.25) is 0 Å². The van der Waals surface area contributed by atoms with Crippen molar-refractivity contribution in [2.75, 3.05) is 38.6 Å². The Balaban J connectivity index is 0.00000320. The SMILES string of the molecule is CCNC(=NCC1(SCC)CCOCC1)NCCCn1c(C)nc2ccccc21.I. The maximum absolute atomic E-state index is 5.58. The fourth-order valence-electron chi connectivity index (χ4n) is 3.88. The quantitative estimate of drug-likeness (QED) is 0.214. The van der Waals surface area contributed by atoms with E-state index in [9.17, 15) is 0 Å². The van der Waals surface area contributed by atoms with Gasteiger partial charge in [-0.15, -0.1) is 24.0 Å². The van der Waals surface area contributed by atoms with Gasteiger partial charge < -0.3 is 19.9 Å². The fourth-order valence-corrected chi connectivity index (χ4v) is 5.11. The van der Waals surface area contributed by atoms with Crippen LogP contribution in [0.5, 0.6) is 0 Å². The van der Waals surface area contributed by atoms with Crippen molar-refractivity contribution >= 4 is 52.7 Å². The number of guanidine groups is 1. The van der Waals surface area contributed by atoms with Gasteiger partial charge in [0, 0.05) is 37.6 Å². The molecule has 2 aromatic rings. The number of nitrogens with zero attached hydrogens (tertiary/aromatic N) is 3. The third-order valence-electron chi connectivity index (χ3n) is 5.42. The number of hydrogen-bond donors (Lipinski definition) is 2. The van der Waals surface area contributed by atoms with Crippen LogP contribution in [0.4, 0.5) is 0 Å². The van der Waals surface area contributed by atoms with Gasteiger partial charge in [-0.05, 0) is 51.0 Å². The topological polar surface area (TPSA) is 63.5 Å². The van der Waals surface area contributed by atoms with Gasteiger partial charge in [-0.1, -0.05) is 19.1 Å². The summed E-state index contributed by atoms with van der Waals surface area (Å²) < 4.78 is 8.11. The maximum atomic E-state index is 5.58. The summed E-state index contributed by atoms with van der Waals surface area (Å²) in [4.78, 5) is 9.59. The fraction of sp³-hybridized carbons (Fsp3) is 0.636. The monoisotopic (exact) mass is 545 g/mol. The normalized spacial score (nSPS) is 16.3. The molecule has 1 aliphatic heterocycles. The number of para-hydroxylation sites is 2. The van der Waals surface area contributed by atoms with Crippen molar-refractivity contribution in [1.29, 1.82) is 0 Å². The summed E-state index contributed by atoms with van der Waals surface area (Å²) in [5, 5.41) is 6.91. The van der Waals surface area contributed by atoms with Gasteiger partial charge in [0.15, 0.2) is 5.96 Å². The highest BCUT2D eigenvalue weighted by molar-refractivity contribution is 14.0. The number of thioether (sulfide) groups is 1. The van der Waals surface area contributed by atoms with E-state index in [1.807, 2.05) is 17.8 Å². The van der Waals surface area contributed by atoms with Gasteiger partial charge in [0.25, 0.3) is 0 Å². The third kappa shape index (κ3) is 6.75. The standard InChI is InChI=1S/C22H35N5OS.HI/c1-4-23-21(25-17-22(29-5-2)11-15-28-16-12-22)24-13-8-14-27-18(3)26-19-9-6-7-10-20(19)27;/h6-7,9-10H,4-5,8,11-17H2,1-3H3,(H2,23,24,25);1H. The highest BCUT2D eigenvalue weighted by Crippen LogP contribution is 2.35. The van der Waals surface area contributed by atoms with Crippen LogP contribution in [0, 0.1) is 6.92 Å². The van der Waals surface area contributed by atoms with Crippen LogP contribution in [0.1, 0.15) is 38.9 Å². The molecule has 1 fully saturated rings. The van der Waals surface area contributed by atoms with Crippen molar-refractivity contribution in [1.82, 2.24) is 20.2 Å². The molecule has 0 aliphatic carbocycles. The van der Waals surface area contributed by atoms with Crippen molar-refractivity contribution < 1.29 is 4.74 Å². The molecule has 168 valence electrons. The van der Waals surface area contributed by atoms with Crippen molar-refractivity contribution in [3.63, 3.8) is 0 Å². The number of fused-ring (bicyclic) bond motifs is 1. The van der Waals surface area contributed by atoms with Crippen LogP contribution >= 0.6 is 35.7 Å². The summed E-state index contributed by atoms with van der Waals surface area (Å²) in [5.41, 5.74) is 2.28. The molecule has 2 heterocycles. The van der Waals surface area contributed by atoms with Crippen LogP contribution in [-0.2, 0) is 11.3 Å². The van der Waals surface area contributed by atoms with Gasteiger partial charge >= 0.3 is 0 Å². The molecule has 30 heavy (non-hydrogen) atoms. The van der Waals surface area contributed by atoms with E-state index in [0.29, 0.717) is 0 Å². The van der Waals surface area contributed by atoms with Crippen LogP contribution < -0.4 is 10.6 Å². The maximum Gasteiger partial charge on any atom is 0.191 e. The molecule has 0 bridgehead atoms. The molecule has 2 N–H and O–H groups in total. The zero-order valence-electron chi connectivity index (χ0n) is 18.4. The number of aliphatic imine (C=N–C) groups is 1. The number of aromatic nitrogens is 2. The molecule has 1 aliphatic rings. The lowest BCUT2D eigenvalue weighted by Gasteiger charge is -2.35. The minimum absolute atomic E-state index is 0. The minimum Gasteiger partial charge on any atom is -0.381 e. The van der Waals surface area contributed by atoms with Gasteiger partial charge in [-0.2, -0.15) is 11.8 Å². The second-order valence-corrected chi connectivity index (χ2v) is 9.24. The molecule has 0 atom stereocenters. The number of imidazole rings is 1. The molecule has 8 heteroatoms. The highest BCUT2D eigenvalue weighted by atomic mass is 127. The van der Waals surface area contributed by atoms with Crippen LogP contribution in [-0.4, -0.2) is 58.9 Å². The average molecular weight is 546 g/mol. The van der Waals surface area contributed by atoms with E-state index >= 15 is 0 Å². The Morgan fingerprint density at radius 1 is 1.23 bits per heavy atom. The number of hydrogen-bond acceptors (Lipinski definition) is 4. The van der Waals surface area contributed by atoms with E-state index in [1.165, 1.54) is 5.52 Å². The molecule has 0 saturated carbocycles. The molecular formula is C22H36IN5OS. The highest BCUT2D eigenvalue weighted by Gasteiger charge is 2.32. The minimum atomic E-state index is 0. The Morgan fingerprint density at radius 2 is 2.00 bits per heavy atom. The largest absolute Gasteiger partial charge is 0.381 e. The summed E-state index contributed by atoms with van der Waals surface area (Å²) in [6.07, 6.45) is 3.19. The summed E-state index contributed by atoms with van der Waals surface area (Å²) in [6.45, 7) is 11.7. The Kier molecular flexibility index (Phi) is 10.7. The molecule has 3 rings (SSSR count). The molecule has 0 unspecified atom stereocenters. The zero-order chi connectivity index (χ0) is 20.5. The van der Waals surface area contributed by atoms with Crippen molar-refractivity contribution in [2.24, 2.45) is 4.99 Å². The van der Waals surface area contributed by atoms with Gasteiger partial charge in [-0.3, -0.25) is 4.99 Å². The van der Waals surface area contributed by atoms with E-state index < -0.39 is 0 Å².